The maximum Gasteiger partial charge on any atom is 0.323 e. The first-order valence-corrected chi connectivity index (χ1v) is 7.07. The second kappa shape index (κ2) is 7.70. The highest BCUT2D eigenvalue weighted by Gasteiger charge is 2.27. The van der Waals surface area contributed by atoms with Gasteiger partial charge in [0.25, 0.3) is 0 Å². The zero-order chi connectivity index (χ0) is 12.7. The fourth-order valence-electron chi connectivity index (χ4n) is 2.45. The maximum absolute atomic E-state index is 11.9. The Morgan fingerprint density at radius 2 is 2.24 bits per heavy atom. The Morgan fingerprint density at radius 3 is 2.88 bits per heavy atom. The maximum atomic E-state index is 11.9. The first-order chi connectivity index (χ1) is 8.17. The molecule has 1 aliphatic rings. The molecule has 0 saturated carbocycles. The van der Waals surface area contributed by atoms with Crippen molar-refractivity contribution in [3.8, 4) is 0 Å². The minimum absolute atomic E-state index is 0.0499. The molecule has 0 aliphatic carbocycles. The summed E-state index contributed by atoms with van der Waals surface area (Å²) in [6, 6.07) is -0.0671. The largest absolute Gasteiger partial charge is 0.464 e. The molecule has 1 heterocycles. The quantitative estimate of drug-likeness (QED) is 0.727. The normalized spacial score (nSPS) is 26.5. The highest BCUT2D eigenvalue weighted by Crippen LogP contribution is 2.20. The predicted molar refractivity (Wildman–Crippen MR) is 69.8 cm³/mol. The van der Waals surface area contributed by atoms with E-state index in [2.05, 4.69) is 26.1 Å². The van der Waals surface area contributed by atoms with E-state index >= 15 is 0 Å². The van der Waals surface area contributed by atoms with E-state index < -0.39 is 0 Å². The highest BCUT2D eigenvalue weighted by atomic mass is 16.5. The van der Waals surface area contributed by atoms with Gasteiger partial charge in [0.15, 0.2) is 0 Å². The van der Waals surface area contributed by atoms with Gasteiger partial charge in [-0.25, -0.2) is 0 Å². The lowest BCUT2D eigenvalue weighted by Gasteiger charge is -2.28. The molecule has 1 saturated heterocycles. The van der Waals surface area contributed by atoms with E-state index in [4.69, 9.17) is 4.74 Å². The molecule has 100 valence electrons. The molecule has 3 nitrogen and oxygen atoms in total. The average Bonchev–Trinajstić information content (AvgIpc) is 2.36. The molecule has 0 amide bonds. The van der Waals surface area contributed by atoms with Crippen LogP contribution in [0.3, 0.4) is 0 Å². The molecular formula is C14H27NO2. The second-order valence-corrected chi connectivity index (χ2v) is 5.33. The van der Waals surface area contributed by atoms with Gasteiger partial charge in [-0.3, -0.25) is 4.79 Å². The number of esters is 1. The molecule has 0 aromatic heterocycles. The Morgan fingerprint density at radius 1 is 1.47 bits per heavy atom. The van der Waals surface area contributed by atoms with Crippen LogP contribution in [0.2, 0.25) is 0 Å². The summed E-state index contributed by atoms with van der Waals surface area (Å²) in [4.78, 5) is 11.9. The summed E-state index contributed by atoms with van der Waals surface area (Å²) >= 11 is 0. The number of piperidine rings is 1. The van der Waals surface area contributed by atoms with E-state index in [9.17, 15) is 4.79 Å². The number of rotatable bonds is 6. The second-order valence-electron chi connectivity index (χ2n) is 5.33. The Bertz CT molecular complexity index is 230. The summed E-state index contributed by atoms with van der Waals surface area (Å²) in [7, 11) is 0. The Kier molecular flexibility index (Phi) is 6.56. The molecule has 0 bridgehead atoms. The van der Waals surface area contributed by atoms with Crippen molar-refractivity contribution in [2.45, 2.75) is 58.9 Å². The number of ether oxygens (including phenoxy) is 1. The zero-order valence-corrected chi connectivity index (χ0v) is 11.5. The van der Waals surface area contributed by atoms with Crippen molar-refractivity contribution in [3.63, 3.8) is 0 Å². The standard InChI is InChI=1S/C14H27NO2/c1-4-6-11(3)10-17-14(16)13-9-12(5-2)7-8-15-13/h11-13,15H,4-10H2,1-3H3. The van der Waals surface area contributed by atoms with Gasteiger partial charge in [-0.2, -0.15) is 0 Å². The number of nitrogens with one attached hydrogen (secondary N) is 1. The third-order valence-electron chi connectivity index (χ3n) is 3.67. The van der Waals surface area contributed by atoms with Gasteiger partial charge in [0.2, 0.25) is 0 Å². The van der Waals surface area contributed by atoms with Crippen molar-refractivity contribution < 1.29 is 9.53 Å². The molecular weight excluding hydrogens is 214 g/mol. The molecule has 0 aromatic rings. The molecule has 3 unspecified atom stereocenters. The molecule has 3 atom stereocenters. The van der Waals surface area contributed by atoms with Gasteiger partial charge < -0.3 is 10.1 Å². The summed E-state index contributed by atoms with van der Waals surface area (Å²) in [6.07, 6.45) is 5.57. The summed E-state index contributed by atoms with van der Waals surface area (Å²) in [5.41, 5.74) is 0. The molecule has 1 aliphatic heterocycles. The molecule has 1 fully saturated rings. The highest BCUT2D eigenvalue weighted by molar-refractivity contribution is 5.75. The average molecular weight is 241 g/mol. The van der Waals surface area contributed by atoms with Gasteiger partial charge in [-0.15, -0.1) is 0 Å². The minimum Gasteiger partial charge on any atom is -0.464 e. The van der Waals surface area contributed by atoms with Crippen LogP contribution < -0.4 is 5.32 Å². The van der Waals surface area contributed by atoms with Crippen LogP contribution in [0.4, 0.5) is 0 Å². The van der Waals surface area contributed by atoms with Crippen LogP contribution in [0.1, 0.15) is 52.9 Å². The molecule has 0 radical (unpaired) electrons. The fraction of sp³-hybridized carbons (Fsp3) is 0.929. The third-order valence-corrected chi connectivity index (χ3v) is 3.67. The molecule has 17 heavy (non-hydrogen) atoms. The molecule has 0 aromatic carbocycles. The predicted octanol–water partition coefficient (Wildman–Crippen LogP) is 2.74. The lowest BCUT2D eigenvalue weighted by Crippen LogP contribution is -2.44. The monoisotopic (exact) mass is 241 g/mol. The van der Waals surface area contributed by atoms with Crippen LogP contribution in [-0.2, 0) is 9.53 Å². The Balaban J connectivity index is 2.27. The SMILES string of the molecule is CCCC(C)COC(=O)C1CC(CC)CCN1. The smallest absolute Gasteiger partial charge is 0.323 e. The van der Waals surface area contributed by atoms with E-state index in [0.717, 1.165) is 32.2 Å². The van der Waals surface area contributed by atoms with Crippen molar-refractivity contribution in [1.29, 1.82) is 0 Å². The van der Waals surface area contributed by atoms with Gasteiger partial charge in [0.1, 0.15) is 6.04 Å². The third kappa shape index (κ3) is 5.07. The summed E-state index contributed by atoms with van der Waals surface area (Å²) in [5.74, 6) is 1.11. The molecule has 3 heteroatoms. The van der Waals surface area contributed by atoms with Crippen molar-refractivity contribution in [3.05, 3.63) is 0 Å². The van der Waals surface area contributed by atoms with Crippen LogP contribution in [0, 0.1) is 11.8 Å². The van der Waals surface area contributed by atoms with E-state index in [1.807, 2.05) is 0 Å². The van der Waals surface area contributed by atoms with Crippen molar-refractivity contribution >= 4 is 5.97 Å². The summed E-state index contributed by atoms with van der Waals surface area (Å²) in [5, 5.41) is 3.26. The van der Waals surface area contributed by atoms with Crippen LogP contribution in [0.5, 0.6) is 0 Å². The van der Waals surface area contributed by atoms with Gasteiger partial charge in [-0.05, 0) is 37.6 Å². The van der Waals surface area contributed by atoms with Crippen LogP contribution in [0.25, 0.3) is 0 Å². The first-order valence-electron chi connectivity index (χ1n) is 7.07. The van der Waals surface area contributed by atoms with Crippen LogP contribution in [0.15, 0.2) is 0 Å². The van der Waals surface area contributed by atoms with Gasteiger partial charge >= 0.3 is 5.97 Å². The van der Waals surface area contributed by atoms with Crippen LogP contribution in [-0.4, -0.2) is 25.2 Å². The van der Waals surface area contributed by atoms with Gasteiger partial charge in [0.05, 0.1) is 6.61 Å². The number of carbonyl (C=O) groups excluding carboxylic acids is 1. The van der Waals surface area contributed by atoms with Gasteiger partial charge in [0, 0.05) is 0 Å². The van der Waals surface area contributed by atoms with E-state index in [0.29, 0.717) is 18.4 Å². The number of hydrogen-bond donors (Lipinski definition) is 1. The van der Waals surface area contributed by atoms with Gasteiger partial charge in [-0.1, -0.05) is 33.6 Å². The summed E-state index contributed by atoms with van der Waals surface area (Å²) in [6.45, 7) is 8.01. The first kappa shape index (κ1) is 14.5. The van der Waals surface area contributed by atoms with Crippen molar-refractivity contribution in [2.24, 2.45) is 11.8 Å². The van der Waals surface area contributed by atoms with E-state index in [1.54, 1.807) is 0 Å². The Labute approximate surface area is 105 Å². The molecule has 1 N–H and O–H groups in total. The van der Waals surface area contributed by atoms with E-state index in [1.165, 1.54) is 6.42 Å². The number of carbonyl (C=O) groups is 1. The topological polar surface area (TPSA) is 38.3 Å². The lowest BCUT2D eigenvalue weighted by molar-refractivity contribution is -0.148. The number of hydrogen-bond acceptors (Lipinski definition) is 3. The van der Waals surface area contributed by atoms with Crippen molar-refractivity contribution in [1.82, 2.24) is 5.32 Å². The molecule has 1 rings (SSSR count). The van der Waals surface area contributed by atoms with Crippen LogP contribution >= 0.6 is 0 Å². The summed E-state index contributed by atoms with van der Waals surface area (Å²) < 4.78 is 5.39. The Hall–Kier alpha value is -0.570. The lowest BCUT2D eigenvalue weighted by atomic mass is 9.90. The molecule has 0 spiro atoms. The minimum atomic E-state index is -0.0671. The van der Waals surface area contributed by atoms with E-state index in [-0.39, 0.29) is 12.0 Å². The van der Waals surface area contributed by atoms with Crippen molar-refractivity contribution in [2.75, 3.05) is 13.2 Å². The fourth-order valence-corrected chi connectivity index (χ4v) is 2.45. The zero-order valence-electron chi connectivity index (χ0n) is 11.5.